The molecule has 1 saturated carbocycles. The Hall–Kier alpha value is -2.13. The van der Waals surface area contributed by atoms with Gasteiger partial charge < -0.3 is 15.7 Å². The number of anilines is 1. The number of urea groups is 1. The molecule has 0 atom stereocenters. The molecule has 144 valence electrons. The molecule has 1 aromatic carbocycles. The zero-order valence-corrected chi connectivity index (χ0v) is 15.6. The van der Waals surface area contributed by atoms with Crippen molar-refractivity contribution >= 4 is 27.7 Å². The van der Waals surface area contributed by atoms with Crippen LogP contribution in [0.3, 0.4) is 0 Å². The molecule has 1 fully saturated rings. The summed E-state index contributed by atoms with van der Waals surface area (Å²) in [5, 5.41) is 13.5. The molecule has 26 heavy (non-hydrogen) atoms. The summed E-state index contributed by atoms with van der Waals surface area (Å²) in [5.41, 5.74) is 0.428. The zero-order chi connectivity index (χ0) is 19.2. The van der Waals surface area contributed by atoms with Crippen molar-refractivity contribution in [2.24, 2.45) is 0 Å². The number of hydrogen-bond donors (Lipinski definition) is 3. The third-order valence-corrected chi connectivity index (χ3v) is 6.43. The van der Waals surface area contributed by atoms with E-state index in [9.17, 15) is 18.0 Å². The van der Waals surface area contributed by atoms with Crippen LogP contribution in [0.15, 0.2) is 29.2 Å². The van der Waals surface area contributed by atoms with Crippen molar-refractivity contribution in [3.8, 4) is 0 Å². The number of carboxylic acid groups (broad SMARTS) is 1. The van der Waals surface area contributed by atoms with E-state index in [2.05, 4.69) is 10.6 Å². The van der Waals surface area contributed by atoms with Crippen molar-refractivity contribution in [2.45, 2.75) is 49.5 Å². The second kappa shape index (κ2) is 9.00. The van der Waals surface area contributed by atoms with Gasteiger partial charge in [0.15, 0.2) is 0 Å². The maximum Gasteiger partial charge on any atom is 0.319 e. The molecule has 2 rings (SSSR count). The van der Waals surface area contributed by atoms with E-state index in [4.69, 9.17) is 5.11 Å². The largest absolute Gasteiger partial charge is 0.481 e. The molecule has 0 radical (unpaired) electrons. The van der Waals surface area contributed by atoms with Crippen LogP contribution in [-0.2, 0) is 14.8 Å². The second-order valence-electron chi connectivity index (χ2n) is 6.36. The lowest BCUT2D eigenvalue weighted by Gasteiger charge is -2.30. The molecule has 0 spiro atoms. The number of carbonyl (C=O) groups excluding carboxylic acids is 1. The third kappa shape index (κ3) is 5.43. The minimum atomic E-state index is -3.57. The van der Waals surface area contributed by atoms with Crippen LogP contribution in [-0.4, -0.2) is 49.5 Å². The highest BCUT2D eigenvalue weighted by Gasteiger charge is 2.28. The molecule has 1 aliphatic rings. The molecule has 0 aliphatic heterocycles. The molecule has 0 aromatic heterocycles. The summed E-state index contributed by atoms with van der Waals surface area (Å²) < 4.78 is 26.9. The van der Waals surface area contributed by atoms with Crippen LogP contribution >= 0.6 is 0 Å². The smallest absolute Gasteiger partial charge is 0.319 e. The molecule has 1 aromatic rings. The molecule has 9 heteroatoms. The number of hydrogen-bond acceptors (Lipinski definition) is 4. The van der Waals surface area contributed by atoms with E-state index in [1.807, 2.05) is 0 Å². The average molecular weight is 383 g/mol. The van der Waals surface area contributed by atoms with E-state index in [1.165, 1.54) is 28.6 Å². The Morgan fingerprint density at radius 3 is 2.35 bits per heavy atom. The number of amides is 2. The number of sulfonamides is 1. The fraction of sp³-hybridized carbons (Fsp3) is 0.529. The lowest BCUT2D eigenvalue weighted by atomic mass is 9.96. The fourth-order valence-electron chi connectivity index (χ4n) is 2.98. The minimum Gasteiger partial charge on any atom is -0.481 e. The van der Waals surface area contributed by atoms with Crippen molar-refractivity contribution in [2.75, 3.05) is 18.9 Å². The van der Waals surface area contributed by atoms with E-state index in [-0.39, 0.29) is 23.9 Å². The summed E-state index contributed by atoms with van der Waals surface area (Å²) in [4.78, 5) is 22.2. The predicted molar refractivity (Wildman–Crippen MR) is 97.5 cm³/mol. The topological polar surface area (TPSA) is 116 Å². The normalized spacial score (nSPS) is 15.6. The number of nitrogens with zero attached hydrogens (tertiary/aromatic N) is 1. The van der Waals surface area contributed by atoms with Crippen molar-refractivity contribution in [3.63, 3.8) is 0 Å². The molecule has 1 aliphatic carbocycles. The minimum absolute atomic E-state index is 0.0137. The van der Waals surface area contributed by atoms with Gasteiger partial charge >= 0.3 is 12.0 Å². The third-order valence-electron chi connectivity index (χ3n) is 4.50. The summed E-state index contributed by atoms with van der Waals surface area (Å²) in [6.45, 7) is 0.0137. The summed E-state index contributed by atoms with van der Waals surface area (Å²) in [6.07, 6.45) is 4.84. The fourth-order valence-corrected chi connectivity index (χ4v) is 4.39. The van der Waals surface area contributed by atoms with Gasteiger partial charge in [-0.1, -0.05) is 19.3 Å². The lowest BCUT2D eigenvalue weighted by Crippen LogP contribution is -2.38. The van der Waals surface area contributed by atoms with Crippen LogP contribution < -0.4 is 10.6 Å². The Morgan fingerprint density at radius 1 is 1.15 bits per heavy atom. The molecule has 0 bridgehead atoms. The van der Waals surface area contributed by atoms with Gasteiger partial charge in [0.05, 0.1) is 11.3 Å². The van der Waals surface area contributed by atoms with Crippen LogP contribution in [0.2, 0.25) is 0 Å². The van der Waals surface area contributed by atoms with Crippen molar-refractivity contribution in [1.29, 1.82) is 0 Å². The van der Waals surface area contributed by atoms with Crippen LogP contribution in [0.5, 0.6) is 0 Å². The summed E-state index contributed by atoms with van der Waals surface area (Å²) >= 11 is 0. The van der Waals surface area contributed by atoms with E-state index < -0.39 is 22.0 Å². The van der Waals surface area contributed by atoms with Gasteiger partial charge in [0.25, 0.3) is 0 Å². The molecular weight excluding hydrogens is 358 g/mol. The van der Waals surface area contributed by atoms with Crippen LogP contribution in [0.25, 0.3) is 0 Å². The first-order valence-corrected chi connectivity index (χ1v) is 10.1. The van der Waals surface area contributed by atoms with E-state index in [0.717, 1.165) is 32.1 Å². The second-order valence-corrected chi connectivity index (χ2v) is 8.36. The van der Waals surface area contributed by atoms with Crippen LogP contribution in [0, 0.1) is 0 Å². The molecular formula is C17H25N3O5S. The summed E-state index contributed by atoms with van der Waals surface area (Å²) in [7, 11) is -1.95. The van der Waals surface area contributed by atoms with Crippen molar-refractivity contribution in [3.05, 3.63) is 24.3 Å². The first-order valence-electron chi connectivity index (χ1n) is 8.65. The first kappa shape index (κ1) is 20.2. The molecule has 0 saturated heterocycles. The molecule has 2 amide bonds. The highest BCUT2D eigenvalue weighted by molar-refractivity contribution is 7.89. The van der Waals surface area contributed by atoms with Gasteiger partial charge in [-0.3, -0.25) is 4.79 Å². The highest BCUT2D eigenvalue weighted by Crippen LogP contribution is 2.26. The number of carboxylic acids is 1. The van der Waals surface area contributed by atoms with E-state index in [0.29, 0.717) is 5.69 Å². The van der Waals surface area contributed by atoms with Gasteiger partial charge in [0.2, 0.25) is 10.0 Å². The van der Waals surface area contributed by atoms with Crippen molar-refractivity contribution < 1.29 is 23.1 Å². The summed E-state index contributed by atoms with van der Waals surface area (Å²) in [5.74, 6) is -0.998. The highest BCUT2D eigenvalue weighted by atomic mass is 32.2. The van der Waals surface area contributed by atoms with Gasteiger partial charge in [-0.15, -0.1) is 0 Å². The lowest BCUT2D eigenvalue weighted by molar-refractivity contribution is -0.136. The monoisotopic (exact) mass is 383 g/mol. The SMILES string of the molecule is CN(C1CCCCC1)S(=O)(=O)c1ccc(NC(=O)NCCC(=O)O)cc1. The van der Waals surface area contributed by atoms with Crippen LogP contribution in [0.1, 0.15) is 38.5 Å². The van der Waals surface area contributed by atoms with E-state index in [1.54, 1.807) is 7.05 Å². The van der Waals surface area contributed by atoms with Gasteiger partial charge in [0.1, 0.15) is 0 Å². The molecule has 3 N–H and O–H groups in total. The number of carbonyl (C=O) groups is 2. The van der Waals surface area contributed by atoms with Gasteiger partial charge in [-0.25, -0.2) is 13.2 Å². The maximum atomic E-state index is 12.7. The Labute approximate surface area is 153 Å². The standard InChI is InChI=1S/C17H25N3O5S/c1-20(14-5-3-2-4-6-14)26(24,25)15-9-7-13(8-10-15)19-17(23)18-12-11-16(21)22/h7-10,14H,2-6,11-12H2,1H3,(H,21,22)(H2,18,19,23). The van der Waals surface area contributed by atoms with E-state index >= 15 is 0 Å². The van der Waals surface area contributed by atoms with Crippen LogP contribution in [0.4, 0.5) is 10.5 Å². The van der Waals surface area contributed by atoms with Gasteiger partial charge in [-0.05, 0) is 37.1 Å². The van der Waals surface area contributed by atoms with Gasteiger partial charge in [0, 0.05) is 25.3 Å². The Kier molecular flexibility index (Phi) is 6.98. The molecule has 0 heterocycles. The average Bonchev–Trinajstić information content (AvgIpc) is 2.62. The first-order chi connectivity index (χ1) is 12.3. The number of benzene rings is 1. The Bertz CT molecular complexity index is 727. The number of aliphatic carboxylic acids is 1. The zero-order valence-electron chi connectivity index (χ0n) is 14.8. The predicted octanol–water partition coefficient (Wildman–Crippen LogP) is 2.24. The number of nitrogens with one attached hydrogen (secondary N) is 2. The Balaban J connectivity index is 1.97. The maximum absolute atomic E-state index is 12.7. The Morgan fingerprint density at radius 2 is 1.77 bits per heavy atom. The summed E-state index contributed by atoms with van der Waals surface area (Å²) in [6, 6.07) is 5.44. The van der Waals surface area contributed by atoms with Gasteiger partial charge in [-0.2, -0.15) is 4.31 Å². The molecule has 8 nitrogen and oxygen atoms in total. The molecule has 0 unspecified atom stereocenters. The number of rotatable bonds is 7. The van der Waals surface area contributed by atoms with Crippen molar-refractivity contribution in [1.82, 2.24) is 9.62 Å². The quantitative estimate of drug-likeness (QED) is 0.668.